The molecule has 0 spiro atoms. The molecule has 1 aromatic carbocycles. The fourth-order valence-electron chi connectivity index (χ4n) is 5.47. The van der Waals surface area contributed by atoms with Crippen molar-refractivity contribution >= 4 is 21.8 Å². The zero-order valence-corrected chi connectivity index (χ0v) is 18.7. The molecule has 0 aliphatic heterocycles. The summed E-state index contributed by atoms with van der Waals surface area (Å²) in [5.74, 6) is 0.233. The highest BCUT2D eigenvalue weighted by molar-refractivity contribution is 6.19. The number of allylic oxidation sites excluding steroid dienone is 1. The summed E-state index contributed by atoms with van der Waals surface area (Å²) in [6.45, 7) is -0.415. The zero-order chi connectivity index (χ0) is 23.2. The second-order valence-electron chi connectivity index (χ2n) is 10.00. The minimum Gasteiger partial charge on any atom is -0.507 e. The minimum atomic E-state index is -1.15. The predicted molar refractivity (Wildman–Crippen MR) is 127 cm³/mol. The van der Waals surface area contributed by atoms with E-state index in [4.69, 9.17) is 0 Å². The molecule has 3 fully saturated rings. The van der Waals surface area contributed by atoms with Crippen LogP contribution in [0.1, 0.15) is 31.5 Å². The lowest BCUT2D eigenvalue weighted by molar-refractivity contribution is 0.158. The van der Waals surface area contributed by atoms with Gasteiger partial charge < -0.3 is 9.67 Å². The fraction of sp³-hybridized carbons (Fsp3) is 0.391. The second-order valence-corrected chi connectivity index (χ2v) is 10.00. The van der Waals surface area contributed by atoms with Gasteiger partial charge in [-0.15, -0.1) is 10.2 Å². The lowest BCUT2D eigenvalue weighted by atomic mass is 9.47. The molecule has 2 aromatic heterocycles. The van der Waals surface area contributed by atoms with E-state index in [2.05, 4.69) is 28.0 Å². The van der Waals surface area contributed by atoms with E-state index in [0.29, 0.717) is 35.5 Å². The zero-order valence-electron chi connectivity index (χ0n) is 18.7. The maximum Gasteiger partial charge on any atom is 0.174 e. The first-order valence-electron chi connectivity index (χ1n) is 11.2. The van der Waals surface area contributed by atoms with Crippen LogP contribution in [0.5, 0.6) is 5.75 Å². The molecular formula is C23H25B2F2N5O. The first-order chi connectivity index (χ1) is 15.8. The summed E-state index contributed by atoms with van der Waals surface area (Å²) in [7, 11) is 4.00. The normalized spacial score (nSPS) is 30.4. The number of nitrogens with zero attached hydrogens (tertiary/aromatic N) is 5. The van der Waals surface area contributed by atoms with Crippen molar-refractivity contribution in [3.8, 4) is 22.7 Å². The van der Waals surface area contributed by atoms with Crippen LogP contribution < -0.4 is 0 Å². The van der Waals surface area contributed by atoms with Crippen LogP contribution in [0.15, 0.2) is 48.7 Å². The Bertz CT molecular complexity index is 1190. The summed E-state index contributed by atoms with van der Waals surface area (Å²) in [5.41, 5.74) is 2.30. The molecule has 6 nitrogen and oxygen atoms in total. The molecule has 2 heterocycles. The van der Waals surface area contributed by atoms with Gasteiger partial charge in [0.15, 0.2) is 5.82 Å². The molecule has 6 rings (SSSR count). The largest absolute Gasteiger partial charge is 0.507 e. The number of phenolic OH excluding ortho intramolecular Hbond substituents is 1. The van der Waals surface area contributed by atoms with Gasteiger partial charge in [-0.1, -0.05) is 12.8 Å². The van der Waals surface area contributed by atoms with Crippen LogP contribution in [0.4, 0.5) is 8.78 Å². The van der Waals surface area contributed by atoms with Crippen molar-refractivity contribution in [2.75, 3.05) is 6.67 Å². The maximum absolute atomic E-state index is 15.6. The Labute approximate surface area is 193 Å². The van der Waals surface area contributed by atoms with Crippen molar-refractivity contribution < 1.29 is 13.9 Å². The number of aromatic nitrogens is 5. The fourth-order valence-corrected chi connectivity index (χ4v) is 5.47. The lowest BCUT2D eigenvalue weighted by Crippen LogP contribution is -2.35. The van der Waals surface area contributed by atoms with Crippen LogP contribution in [-0.4, -0.2) is 58.4 Å². The van der Waals surface area contributed by atoms with Gasteiger partial charge in [-0.2, -0.15) is 0 Å². The smallest absolute Gasteiger partial charge is 0.174 e. The second kappa shape index (κ2) is 8.08. The molecule has 0 amide bonds. The van der Waals surface area contributed by atoms with Gasteiger partial charge in [-0.05, 0) is 53.2 Å². The summed E-state index contributed by atoms with van der Waals surface area (Å²) < 4.78 is 31.1. The summed E-state index contributed by atoms with van der Waals surface area (Å²) in [6.07, 6.45) is 9.77. The maximum atomic E-state index is 15.6. The molecule has 4 atom stereocenters. The lowest BCUT2D eigenvalue weighted by Gasteiger charge is -2.45. The molecule has 3 aliphatic carbocycles. The molecule has 3 saturated carbocycles. The number of hydrogen-bond donors (Lipinski definition) is 1. The molecule has 168 valence electrons. The average Bonchev–Trinajstić information content (AvgIpc) is 3.31. The van der Waals surface area contributed by atoms with Gasteiger partial charge >= 0.3 is 0 Å². The van der Waals surface area contributed by atoms with E-state index in [0.717, 1.165) is 18.5 Å². The standard InChI is InChI=1S/C23H25B2F2N5O/c24-22-3-4-23(25,10-15(22)11-26)21(27)14(9-22)7-20-29-12-18(30-31-20)17-2-1-16(8-19(17)33)32-6-5-28-13-32/h1-2,5-8,12-13,15,21,33H,3-4,9-11,24-25H2/b14-7+/t15-,21-,22+,23+/m0/s1. The van der Waals surface area contributed by atoms with Crippen molar-refractivity contribution in [3.63, 3.8) is 0 Å². The Hall–Kier alpha value is -3.03. The highest BCUT2D eigenvalue weighted by atomic mass is 19.1. The molecular weight excluding hydrogens is 422 g/mol. The van der Waals surface area contributed by atoms with E-state index in [-0.39, 0.29) is 17.0 Å². The third-order valence-corrected chi connectivity index (χ3v) is 7.65. The highest BCUT2D eigenvalue weighted by Crippen LogP contribution is 2.64. The quantitative estimate of drug-likeness (QED) is 0.623. The predicted octanol–water partition coefficient (Wildman–Crippen LogP) is 2.91. The van der Waals surface area contributed by atoms with Gasteiger partial charge in [0, 0.05) is 24.0 Å². The van der Waals surface area contributed by atoms with Crippen molar-refractivity contribution in [2.45, 2.75) is 42.5 Å². The average molecular weight is 447 g/mol. The number of phenols is 1. The highest BCUT2D eigenvalue weighted by Gasteiger charge is 2.53. The Balaban J connectivity index is 1.42. The van der Waals surface area contributed by atoms with Gasteiger partial charge in [-0.3, -0.25) is 4.39 Å². The molecule has 0 radical (unpaired) electrons. The Kier molecular flexibility index (Phi) is 5.34. The minimum absolute atomic E-state index is 0.0469. The third-order valence-electron chi connectivity index (χ3n) is 7.65. The number of imidazole rings is 1. The Morgan fingerprint density at radius 2 is 2.03 bits per heavy atom. The summed E-state index contributed by atoms with van der Waals surface area (Å²) in [6, 6.07) is 5.20. The molecule has 3 aliphatic rings. The first-order valence-corrected chi connectivity index (χ1v) is 11.2. The summed E-state index contributed by atoms with van der Waals surface area (Å²) in [5, 5.41) is 18.1. The van der Waals surface area contributed by atoms with Gasteiger partial charge in [0.1, 0.15) is 33.3 Å². The van der Waals surface area contributed by atoms with E-state index in [9.17, 15) is 9.50 Å². The number of halogens is 2. The molecule has 1 N–H and O–H groups in total. The van der Waals surface area contributed by atoms with Crippen molar-refractivity contribution in [2.24, 2.45) is 5.92 Å². The molecule has 10 heteroatoms. The first kappa shape index (κ1) is 21.8. The van der Waals surface area contributed by atoms with Crippen LogP contribution in [0, 0.1) is 5.92 Å². The van der Waals surface area contributed by atoms with Gasteiger partial charge in [0.05, 0.1) is 24.9 Å². The summed E-state index contributed by atoms with van der Waals surface area (Å²) in [4.78, 5) is 8.37. The summed E-state index contributed by atoms with van der Waals surface area (Å²) >= 11 is 0. The number of alkyl halides is 2. The molecule has 3 aromatic rings. The van der Waals surface area contributed by atoms with Gasteiger partial charge in [-0.25, -0.2) is 14.4 Å². The number of aromatic hydroxyl groups is 1. The van der Waals surface area contributed by atoms with Gasteiger partial charge in [0.25, 0.3) is 0 Å². The van der Waals surface area contributed by atoms with Crippen LogP contribution in [0.25, 0.3) is 23.0 Å². The van der Waals surface area contributed by atoms with Gasteiger partial charge in [0.2, 0.25) is 0 Å². The number of rotatable bonds is 4. The van der Waals surface area contributed by atoms with Crippen molar-refractivity contribution in [1.82, 2.24) is 24.7 Å². The van der Waals surface area contributed by atoms with Crippen molar-refractivity contribution in [1.29, 1.82) is 0 Å². The Morgan fingerprint density at radius 1 is 1.21 bits per heavy atom. The number of fused-ring (bicyclic) bond motifs is 4. The molecule has 2 bridgehead atoms. The van der Waals surface area contributed by atoms with Crippen molar-refractivity contribution in [3.05, 3.63) is 54.5 Å². The van der Waals surface area contributed by atoms with E-state index in [1.807, 2.05) is 13.9 Å². The van der Waals surface area contributed by atoms with E-state index in [1.54, 1.807) is 41.5 Å². The van der Waals surface area contributed by atoms with Crippen LogP contribution >= 0.6 is 0 Å². The Morgan fingerprint density at radius 3 is 2.70 bits per heavy atom. The SMILES string of the molecule is B[C@@]12CC[C@@](B)(C[C@H]1CF)[C@@H](F)/C(=C/c1ncc(-c3ccc(-n4ccnc4)cc3O)nn1)C2. The van der Waals surface area contributed by atoms with E-state index in [1.165, 1.54) is 6.20 Å². The van der Waals surface area contributed by atoms with Crippen LogP contribution in [0.2, 0.25) is 10.6 Å². The molecule has 0 saturated heterocycles. The van der Waals surface area contributed by atoms with E-state index >= 15 is 4.39 Å². The van der Waals surface area contributed by atoms with E-state index < -0.39 is 18.2 Å². The number of hydrogen-bond acceptors (Lipinski definition) is 5. The number of benzene rings is 1. The van der Waals surface area contributed by atoms with Crippen LogP contribution in [-0.2, 0) is 0 Å². The molecule has 0 unspecified atom stereocenters. The molecule has 33 heavy (non-hydrogen) atoms. The topological polar surface area (TPSA) is 76.7 Å². The monoisotopic (exact) mass is 447 g/mol. The third kappa shape index (κ3) is 3.85. The van der Waals surface area contributed by atoms with Crippen LogP contribution in [0.3, 0.4) is 0 Å².